The number of halogens is 1. The molecule has 0 spiro atoms. The molecular weight excluding hydrogens is 383 g/mol. The molecule has 0 saturated carbocycles. The number of rotatable bonds is 8. The van der Waals surface area contributed by atoms with Crippen molar-refractivity contribution in [2.24, 2.45) is 4.99 Å². The SMILES string of the molecule is CCC(C)N(C)CCNC(=NC)NCC(C)(C)SC.I. The quantitative estimate of drug-likeness (QED) is 0.363. The molecule has 0 aromatic rings. The van der Waals surface area contributed by atoms with Crippen LogP contribution in [-0.4, -0.2) is 61.6 Å². The minimum atomic E-state index is 0. The van der Waals surface area contributed by atoms with Crippen molar-refractivity contribution in [3.8, 4) is 0 Å². The van der Waals surface area contributed by atoms with Gasteiger partial charge in [-0.3, -0.25) is 4.99 Å². The largest absolute Gasteiger partial charge is 0.355 e. The number of hydrogen-bond donors (Lipinski definition) is 2. The van der Waals surface area contributed by atoms with Crippen molar-refractivity contribution in [1.29, 1.82) is 0 Å². The van der Waals surface area contributed by atoms with Crippen molar-refractivity contribution >= 4 is 41.7 Å². The van der Waals surface area contributed by atoms with Gasteiger partial charge in [-0.15, -0.1) is 24.0 Å². The highest BCUT2D eigenvalue weighted by atomic mass is 127. The Labute approximate surface area is 147 Å². The number of aliphatic imine (C=N–C) groups is 1. The summed E-state index contributed by atoms with van der Waals surface area (Å²) in [4.78, 5) is 6.62. The molecule has 0 aliphatic carbocycles. The molecule has 0 saturated heterocycles. The molecule has 0 radical (unpaired) electrons. The monoisotopic (exact) mass is 416 g/mol. The average Bonchev–Trinajstić information content (AvgIpc) is 2.41. The highest BCUT2D eigenvalue weighted by Gasteiger charge is 2.16. The second-order valence-corrected chi connectivity index (χ2v) is 7.07. The first-order valence-corrected chi connectivity index (χ1v) is 8.28. The molecule has 0 fully saturated rings. The van der Waals surface area contributed by atoms with Gasteiger partial charge in [-0.2, -0.15) is 11.8 Å². The zero-order chi connectivity index (χ0) is 14.9. The number of likely N-dealkylation sites (N-methyl/N-ethyl adjacent to an activating group) is 1. The molecule has 0 amide bonds. The maximum absolute atomic E-state index is 4.25. The molecule has 0 bridgehead atoms. The first-order chi connectivity index (χ1) is 8.86. The Bertz CT molecular complexity index is 272. The minimum Gasteiger partial charge on any atom is -0.355 e. The van der Waals surface area contributed by atoms with Crippen molar-refractivity contribution in [2.45, 2.75) is 44.9 Å². The Kier molecular flexibility index (Phi) is 13.5. The van der Waals surface area contributed by atoms with E-state index in [9.17, 15) is 0 Å². The van der Waals surface area contributed by atoms with Crippen LogP contribution in [-0.2, 0) is 0 Å². The number of nitrogens with zero attached hydrogens (tertiary/aromatic N) is 2. The molecule has 0 aromatic carbocycles. The second kappa shape index (κ2) is 11.9. The summed E-state index contributed by atoms with van der Waals surface area (Å²) in [6, 6.07) is 0.632. The summed E-state index contributed by atoms with van der Waals surface area (Å²) < 4.78 is 0.227. The highest BCUT2D eigenvalue weighted by Crippen LogP contribution is 2.19. The molecule has 122 valence electrons. The van der Waals surface area contributed by atoms with Gasteiger partial charge in [0.05, 0.1) is 0 Å². The fourth-order valence-corrected chi connectivity index (χ4v) is 1.69. The minimum absolute atomic E-state index is 0. The van der Waals surface area contributed by atoms with E-state index in [1.807, 2.05) is 18.8 Å². The number of hydrogen-bond acceptors (Lipinski definition) is 3. The van der Waals surface area contributed by atoms with Crippen molar-refractivity contribution in [3.05, 3.63) is 0 Å². The molecule has 6 heteroatoms. The van der Waals surface area contributed by atoms with Gasteiger partial charge < -0.3 is 15.5 Å². The summed E-state index contributed by atoms with van der Waals surface area (Å²) in [7, 11) is 3.99. The standard InChI is InChI=1S/C14H32N4S.HI/c1-8-12(2)18(6)10-9-16-13(15-5)17-11-14(3,4)19-7;/h12H,8-11H2,1-7H3,(H2,15,16,17);1H. The van der Waals surface area contributed by atoms with Crippen LogP contribution in [0.5, 0.6) is 0 Å². The van der Waals surface area contributed by atoms with Gasteiger partial charge >= 0.3 is 0 Å². The van der Waals surface area contributed by atoms with E-state index in [2.05, 4.69) is 61.5 Å². The predicted molar refractivity (Wildman–Crippen MR) is 105 cm³/mol. The van der Waals surface area contributed by atoms with Gasteiger partial charge in [-0.25, -0.2) is 0 Å². The molecule has 0 aliphatic heterocycles. The zero-order valence-electron chi connectivity index (χ0n) is 14.1. The molecule has 0 aliphatic rings. The third kappa shape index (κ3) is 10.1. The summed E-state index contributed by atoms with van der Waals surface area (Å²) in [6.45, 7) is 11.8. The molecular formula is C14H33IN4S. The van der Waals surface area contributed by atoms with Crippen LogP contribution in [0.25, 0.3) is 0 Å². The lowest BCUT2D eigenvalue weighted by Gasteiger charge is -2.25. The summed E-state index contributed by atoms with van der Waals surface area (Å²) in [5.74, 6) is 0.889. The zero-order valence-corrected chi connectivity index (χ0v) is 17.3. The van der Waals surface area contributed by atoms with Crippen LogP contribution >= 0.6 is 35.7 Å². The topological polar surface area (TPSA) is 39.7 Å². The first-order valence-electron chi connectivity index (χ1n) is 7.06. The summed E-state index contributed by atoms with van der Waals surface area (Å²) in [5, 5.41) is 6.74. The normalized spacial score (nSPS) is 13.9. The van der Waals surface area contributed by atoms with Crippen LogP contribution in [0, 0.1) is 0 Å². The molecule has 2 N–H and O–H groups in total. The van der Waals surface area contributed by atoms with Gasteiger partial charge in [0.2, 0.25) is 0 Å². The van der Waals surface area contributed by atoms with Gasteiger partial charge in [-0.1, -0.05) is 6.92 Å². The molecule has 0 aromatic heterocycles. The maximum atomic E-state index is 4.25. The van der Waals surface area contributed by atoms with Crippen molar-refractivity contribution in [2.75, 3.05) is 40.0 Å². The average molecular weight is 416 g/mol. The van der Waals surface area contributed by atoms with E-state index in [1.54, 1.807) is 0 Å². The van der Waals surface area contributed by atoms with E-state index < -0.39 is 0 Å². The van der Waals surface area contributed by atoms with E-state index in [-0.39, 0.29) is 28.7 Å². The van der Waals surface area contributed by atoms with E-state index in [0.29, 0.717) is 6.04 Å². The van der Waals surface area contributed by atoms with Gasteiger partial charge in [-0.05, 0) is 40.5 Å². The van der Waals surface area contributed by atoms with Crippen LogP contribution in [0.3, 0.4) is 0 Å². The third-order valence-corrected chi connectivity index (χ3v) is 4.81. The molecule has 20 heavy (non-hydrogen) atoms. The van der Waals surface area contributed by atoms with Crippen molar-refractivity contribution < 1.29 is 0 Å². The summed E-state index contributed by atoms with van der Waals surface area (Å²) in [5.41, 5.74) is 0. The van der Waals surface area contributed by atoms with Crippen LogP contribution in [0.15, 0.2) is 4.99 Å². The smallest absolute Gasteiger partial charge is 0.191 e. The molecule has 0 rings (SSSR count). The van der Waals surface area contributed by atoms with E-state index >= 15 is 0 Å². The summed E-state index contributed by atoms with van der Waals surface area (Å²) >= 11 is 1.86. The Morgan fingerprint density at radius 2 is 1.95 bits per heavy atom. The Morgan fingerprint density at radius 1 is 1.35 bits per heavy atom. The second-order valence-electron chi connectivity index (χ2n) is 5.55. The van der Waals surface area contributed by atoms with Crippen molar-refractivity contribution in [3.63, 3.8) is 0 Å². The van der Waals surface area contributed by atoms with Crippen molar-refractivity contribution in [1.82, 2.24) is 15.5 Å². The summed E-state index contributed by atoms with van der Waals surface area (Å²) in [6.07, 6.45) is 3.32. The fraction of sp³-hybridized carbons (Fsp3) is 0.929. The maximum Gasteiger partial charge on any atom is 0.191 e. The van der Waals surface area contributed by atoms with Crippen LogP contribution in [0.1, 0.15) is 34.1 Å². The number of thioether (sulfide) groups is 1. The van der Waals surface area contributed by atoms with E-state index in [1.165, 1.54) is 6.42 Å². The Hall–Kier alpha value is 0.310. The Morgan fingerprint density at radius 3 is 2.40 bits per heavy atom. The fourth-order valence-electron chi connectivity index (χ4n) is 1.47. The number of guanidine groups is 1. The molecule has 4 nitrogen and oxygen atoms in total. The van der Waals surface area contributed by atoms with E-state index in [4.69, 9.17) is 0 Å². The Balaban J connectivity index is 0. The lowest BCUT2D eigenvalue weighted by atomic mass is 10.2. The lowest BCUT2D eigenvalue weighted by Crippen LogP contribution is -2.45. The van der Waals surface area contributed by atoms with Gasteiger partial charge in [0, 0.05) is 37.5 Å². The predicted octanol–water partition coefficient (Wildman–Crippen LogP) is 2.64. The molecule has 0 heterocycles. The lowest BCUT2D eigenvalue weighted by molar-refractivity contribution is 0.255. The first kappa shape index (κ1) is 22.6. The highest BCUT2D eigenvalue weighted by molar-refractivity contribution is 14.0. The van der Waals surface area contributed by atoms with Crippen LogP contribution < -0.4 is 10.6 Å². The van der Waals surface area contributed by atoms with Gasteiger partial charge in [0.1, 0.15) is 0 Å². The van der Waals surface area contributed by atoms with Crippen LogP contribution in [0.4, 0.5) is 0 Å². The third-order valence-electron chi connectivity index (χ3n) is 3.56. The number of nitrogens with one attached hydrogen (secondary N) is 2. The van der Waals surface area contributed by atoms with Crippen LogP contribution in [0.2, 0.25) is 0 Å². The van der Waals surface area contributed by atoms with Gasteiger partial charge in [0.25, 0.3) is 0 Å². The van der Waals surface area contributed by atoms with E-state index in [0.717, 1.165) is 25.6 Å². The molecule has 1 atom stereocenters. The molecule has 1 unspecified atom stereocenters. The van der Waals surface area contributed by atoms with Gasteiger partial charge in [0.15, 0.2) is 5.96 Å².